The fraction of sp³-hybridized carbons (Fsp3) is 0.471. The summed E-state index contributed by atoms with van der Waals surface area (Å²) in [6, 6.07) is 5.51. The first-order valence-corrected chi connectivity index (χ1v) is 8.16. The lowest BCUT2D eigenvalue weighted by molar-refractivity contribution is -0.117. The molecule has 1 aliphatic carbocycles. The molecular weight excluding hydrogens is 305 g/mol. The van der Waals surface area contributed by atoms with Gasteiger partial charge in [0, 0.05) is 22.2 Å². The van der Waals surface area contributed by atoms with Gasteiger partial charge in [-0.3, -0.25) is 4.79 Å². The lowest BCUT2D eigenvalue weighted by atomic mass is 9.78. The fourth-order valence-corrected chi connectivity index (χ4v) is 3.29. The molecule has 4 heteroatoms. The van der Waals surface area contributed by atoms with Crippen LogP contribution in [0.1, 0.15) is 38.7 Å². The minimum Gasteiger partial charge on any atom is -0.350 e. The van der Waals surface area contributed by atoms with Gasteiger partial charge in [0.2, 0.25) is 5.91 Å². The van der Waals surface area contributed by atoms with Crippen molar-refractivity contribution in [2.75, 3.05) is 0 Å². The Labute approximate surface area is 136 Å². The number of benzene rings is 1. The summed E-state index contributed by atoms with van der Waals surface area (Å²) in [7, 11) is 0. The molecule has 0 aromatic heterocycles. The Morgan fingerprint density at radius 1 is 1.29 bits per heavy atom. The van der Waals surface area contributed by atoms with Crippen LogP contribution in [-0.2, 0) is 4.79 Å². The van der Waals surface area contributed by atoms with Gasteiger partial charge in [0.15, 0.2) is 0 Å². The Morgan fingerprint density at radius 3 is 2.76 bits per heavy atom. The van der Waals surface area contributed by atoms with Gasteiger partial charge in [0.25, 0.3) is 0 Å². The van der Waals surface area contributed by atoms with E-state index in [-0.39, 0.29) is 11.9 Å². The van der Waals surface area contributed by atoms with E-state index < -0.39 is 0 Å². The second-order valence-electron chi connectivity index (χ2n) is 5.88. The van der Waals surface area contributed by atoms with E-state index >= 15 is 0 Å². The Bertz CT molecular complexity index is 542. The van der Waals surface area contributed by atoms with Crippen molar-refractivity contribution in [3.63, 3.8) is 0 Å². The molecule has 2 nitrogen and oxygen atoms in total. The molecule has 1 aromatic carbocycles. The number of hydrogen-bond donors (Lipinski definition) is 1. The van der Waals surface area contributed by atoms with Crippen LogP contribution in [0.5, 0.6) is 0 Å². The van der Waals surface area contributed by atoms with Crippen LogP contribution in [0.15, 0.2) is 24.3 Å². The predicted octanol–water partition coefficient (Wildman–Crippen LogP) is 4.95. The smallest absolute Gasteiger partial charge is 0.244 e. The summed E-state index contributed by atoms with van der Waals surface area (Å²) >= 11 is 11.9. The Hall–Kier alpha value is -0.990. The molecular formula is C17H21Cl2NO. The summed E-state index contributed by atoms with van der Waals surface area (Å²) in [4.78, 5) is 12.0. The quantitative estimate of drug-likeness (QED) is 0.783. The van der Waals surface area contributed by atoms with E-state index in [1.165, 1.54) is 12.8 Å². The Kier molecular flexibility index (Phi) is 5.72. The molecule has 0 aliphatic heterocycles. The number of carbonyl (C=O) groups is 1. The number of halogens is 2. The average molecular weight is 326 g/mol. The maximum absolute atomic E-state index is 12.0. The number of carbonyl (C=O) groups excluding carboxylic acids is 1. The molecule has 1 N–H and O–H groups in total. The van der Waals surface area contributed by atoms with Crippen LogP contribution in [0, 0.1) is 11.8 Å². The lowest BCUT2D eigenvalue weighted by Gasteiger charge is -2.34. The zero-order chi connectivity index (χ0) is 15.4. The number of rotatable bonds is 3. The molecule has 1 fully saturated rings. The van der Waals surface area contributed by atoms with Crippen LogP contribution >= 0.6 is 23.2 Å². The van der Waals surface area contributed by atoms with Crippen molar-refractivity contribution in [2.45, 2.75) is 39.2 Å². The van der Waals surface area contributed by atoms with Gasteiger partial charge in [-0.15, -0.1) is 0 Å². The number of nitrogens with one attached hydrogen (secondary N) is 1. The van der Waals surface area contributed by atoms with Crippen LogP contribution in [0.25, 0.3) is 6.08 Å². The molecule has 0 unspecified atom stereocenters. The third-order valence-corrected chi connectivity index (χ3v) is 4.97. The van der Waals surface area contributed by atoms with Crippen LogP contribution in [0.3, 0.4) is 0 Å². The summed E-state index contributed by atoms with van der Waals surface area (Å²) in [6.07, 6.45) is 6.77. The Morgan fingerprint density at radius 2 is 2.05 bits per heavy atom. The minimum atomic E-state index is -0.0630. The molecule has 0 radical (unpaired) electrons. The molecule has 3 atom stereocenters. The van der Waals surface area contributed by atoms with Crippen LogP contribution < -0.4 is 5.32 Å². The summed E-state index contributed by atoms with van der Waals surface area (Å²) in [5.41, 5.74) is 0.793. The molecule has 0 heterocycles. The highest BCUT2D eigenvalue weighted by atomic mass is 35.5. The first kappa shape index (κ1) is 16.4. The normalized spacial score (nSPS) is 26.0. The first-order valence-electron chi connectivity index (χ1n) is 7.41. The van der Waals surface area contributed by atoms with Crippen molar-refractivity contribution >= 4 is 35.2 Å². The third kappa shape index (κ3) is 4.49. The maximum Gasteiger partial charge on any atom is 0.244 e. The number of amides is 1. The molecule has 1 aliphatic rings. The monoisotopic (exact) mass is 325 g/mol. The van der Waals surface area contributed by atoms with Crippen molar-refractivity contribution in [3.05, 3.63) is 39.9 Å². The van der Waals surface area contributed by atoms with Crippen molar-refractivity contribution in [1.82, 2.24) is 5.32 Å². The Balaban J connectivity index is 1.96. The highest BCUT2D eigenvalue weighted by Gasteiger charge is 2.27. The molecule has 1 amide bonds. The second-order valence-corrected chi connectivity index (χ2v) is 6.73. The average Bonchev–Trinajstić information content (AvgIpc) is 2.43. The van der Waals surface area contributed by atoms with Gasteiger partial charge in [-0.2, -0.15) is 0 Å². The number of hydrogen-bond acceptors (Lipinski definition) is 1. The minimum absolute atomic E-state index is 0.0630. The van der Waals surface area contributed by atoms with Gasteiger partial charge in [-0.1, -0.05) is 56.0 Å². The van der Waals surface area contributed by atoms with E-state index in [2.05, 4.69) is 19.2 Å². The molecule has 0 bridgehead atoms. The van der Waals surface area contributed by atoms with Crippen LogP contribution in [0.2, 0.25) is 10.0 Å². The van der Waals surface area contributed by atoms with E-state index in [0.717, 1.165) is 12.0 Å². The SMILES string of the molecule is C[C@@H]1[C@H](C)CCC[C@@H]1NC(=O)/C=C/c1ccc(Cl)cc1Cl. The van der Waals surface area contributed by atoms with Crippen molar-refractivity contribution in [1.29, 1.82) is 0 Å². The molecule has 2 rings (SSSR count). The highest BCUT2D eigenvalue weighted by molar-refractivity contribution is 6.35. The van der Waals surface area contributed by atoms with Gasteiger partial charge in [-0.25, -0.2) is 0 Å². The maximum atomic E-state index is 12.0. The van der Waals surface area contributed by atoms with E-state index in [1.807, 2.05) is 0 Å². The van der Waals surface area contributed by atoms with Crippen LogP contribution in [0.4, 0.5) is 0 Å². The summed E-state index contributed by atoms with van der Waals surface area (Å²) < 4.78 is 0. The summed E-state index contributed by atoms with van der Waals surface area (Å²) in [5, 5.41) is 4.24. The van der Waals surface area contributed by atoms with E-state index in [1.54, 1.807) is 30.4 Å². The first-order chi connectivity index (χ1) is 9.97. The van der Waals surface area contributed by atoms with E-state index in [4.69, 9.17) is 23.2 Å². The fourth-order valence-electron chi connectivity index (χ4n) is 2.82. The summed E-state index contributed by atoms with van der Waals surface area (Å²) in [5.74, 6) is 1.13. The topological polar surface area (TPSA) is 29.1 Å². The van der Waals surface area contributed by atoms with Crippen molar-refractivity contribution < 1.29 is 4.79 Å². The van der Waals surface area contributed by atoms with Gasteiger partial charge < -0.3 is 5.32 Å². The zero-order valence-corrected chi connectivity index (χ0v) is 13.9. The summed E-state index contributed by atoms with van der Waals surface area (Å²) in [6.45, 7) is 4.47. The molecule has 1 aromatic rings. The lowest BCUT2D eigenvalue weighted by Crippen LogP contribution is -2.43. The van der Waals surface area contributed by atoms with Crippen molar-refractivity contribution in [3.8, 4) is 0 Å². The van der Waals surface area contributed by atoms with Gasteiger partial charge in [0.05, 0.1) is 0 Å². The highest BCUT2D eigenvalue weighted by Crippen LogP contribution is 2.29. The standard InChI is InChI=1S/C17H21Cl2NO/c1-11-4-3-5-16(12(11)2)20-17(21)9-7-13-6-8-14(18)10-15(13)19/h6-12,16H,3-5H2,1-2H3,(H,20,21)/b9-7+/t11-,12-,16+/m1/s1. The van der Waals surface area contributed by atoms with Gasteiger partial charge >= 0.3 is 0 Å². The molecule has 114 valence electrons. The predicted molar refractivity (Wildman–Crippen MR) is 89.6 cm³/mol. The third-order valence-electron chi connectivity index (χ3n) is 4.41. The largest absolute Gasteiger partial charge is 0.350 e. The molecule has 0 saturated heterocycles. The van der Waals surface area contributed by atoms with E-state index in [0.29, 0.717) is 21.9 Å². The van der Waals surface area contributed by atoms with E-state index in [9.17, 15) is 4.79 Å². The van der Waals surface area contributed by atoms with Gasteiger partial charge in [-0.05, 0) is 42.0 Å². The zero-order valence-electron chi connectivity index (χ0n) is 12.4. The molecule has 21 heavy (non-hydrogen) atoms. The van der Waals surface area contributed by atoms with Gasteiger partial charge in [0.1, 0.15) is 0 Å². The molecule has 0 spiro atoms. The van der Waals surface area contributed by atoms with Crippen LogP contribution in [-0.4, -0.2) is 11.9 Å². The molecule has 1 saturated carbocycles. The second kappa shape index (κ2) is 7.33. The van der Waals surface area contributed by atoms with Crippen molar-refractivity contribution in [2.24, 2.45) is 11.8 Å².